The van der Waals surface area contributed by atoms with Gasteiger partial charge in [0, 0.05) is 5.54 Å². The van der Waals surface area contributed by atoms with Crippen molar-refractivity contribution in [2.45, 2.75) is 88.9 Å². The molecule has 0 aromatic rings. The average molecular weight is 225 g/mol. The van der Waals surface area contributed by atoms with E-state index in [1.807, 2.05) is 0 Å². The van der Waals surface area contributed by atoms with Gasteiger partial charge in [0.2, 0.25) is 0 Å². The Hall–Kier alpha value is -0.0800. The summed E-state index contributed by atoms with van der Waals surface area (Å²) in [6.07, 6.45) is 11.6. The lowest BCUT2D eigenvalue weighted by Crippen LogP contribution is -2.40. The Kier molecular flexibility index (Phi) is 3.60. The zero-order valence-electron chi connectivity index (χ0n) is 10.9. The van der Waals surface area contributed by atoms with Crippen LogP contribution in [0.4, 0.5) is 0 Å². The van der Waals surface area contributed by atoms with E-state index >= 15 is 0 Å². The third-order valence-electron chi connectivity index (χ3n) is 4.37. The van der Waals surface area contributed by atoms with E-state index in [1.165, 1.54) is 44.9 Å². The van der Waals surface area contributed by atoms with Crippen LogP contribution in [0.25, 0.3) is 0 Å². The molecule has 2 N–H and O–H groups in total. The van der Waals surface area contributed by atoms with Gasteiger partial charge >= 0.3 is 0 Å². The number of hydrogen-bond donors (Lipinski definition) is 1. The highest BCUT2D eigenvalue weighted by molar-refractivity contribution is 4.95. The van der Waals surface area contributed by atoms with E-state index in [0.29, 0.717) is 6.10 Å². The summed E-state index contributed by atoms with van der Waals surface area (Å²) in [5, 5.41) is 0. The van der Waals surface area contributed by atoms with Crippen LogP contribution in [0, 0.1) is 0 Å². The van der Waals surface area contributed by atoms with Gasteiger partial charge in [0.05, 0.1) is 11.7 Å². The standard InChI is InChI=1S/C14H27NO/c1-3-7-13(2,15)11-12-6-10-14(16-12)8-4-5-9-14/h12H,3-11,15H2,1-2H3. The first kappa shape index (κ1) is 12.4. The molecule has 2 atom stereocenters. The molecule has 0 bridgehead atoms. The molecule has 16 heavy (non-hydrogen) atoms. The summed E-state index contributed by atoms with van der Waals surface area (Å²) in [6, 6.07) is 0. The molecule has 1 saturated heterocycles. The zero-order chi connectivity index (χ0) is 11.6. The molecule has 2 heteroatoms. The second-order valence-electron chi connectivity index (χ2n) is 6.28. The van der Waals surface area contributed by atoms with Gasteiger partial charge in [-0.05, 0) is 45.4 Å². The molecule has 2 rings (SSSR count). The second kappa shape index (κ2) is 4.66. The third kappa shape index (κ3) is 2.78. The van der Waals surface area contributed by atoms with E-state index in [4.69, 9.17) is 10.5 Å². The Balaban J connectivity index is 1.84. The first-order valence-corrected chi connectivity index (χ1v) is 7.02. The summed E-state index contributed by atoms with van der Waals surface area (Å²) in [4.78, 5) is 0. The highest BCUT2D eigenvalue weighted by atomic mass is 16.5. The maximum absolute atomic E-state index is 6.31. The topological polar surface area (TPSA) is 35.2 Å². The van der Waals surface area contributed by atoms with E-state index in [0.717, 1.165) is 12.8 Å². The first-order valence-electron chi connectivity index (χ1n) is 7.02. The molecular formula is C14H27NO. The van der Waals surface area contributed by atoms with Crippen molar-refractivity contribution < 1.29 is 4.74 Å². The van der Waals surface area contributed by atoms with E-state index in [1.54, 1.807) is 0 Å². The van der Waals surface area contributed by atoms with E-state index in [2.05, 4.69) is 13.8 Å². The Morgan fingerprint density at radius 3 is 2.62 bits per heavy atom. The molecule has 1 heterocycles. The molecule has 0 radical (unpaired) electrons. The number of rotatable bonds is 4. The SMILES string of the molecule is CCCC(C)(N)CC1CCC2(CCCC2)O1. The van der Waals surface area contributed by atoms with E-state index in [-0.39, 0.29) is 11.1 Å². The quantitative estimate of drug-likeness (QED) is 0.796. The molecule has 2 unspecified atom stereocenters. The molecule has 1 aliphatic heterocycles. The largest absolute Gasteiger partial charge is 0.372 e. The summed E-state index contributed by atoms with van der Waals surface area (Å²) >= 11 is 0. The van der Waals surface area contributed by atoms with Crippen molar-refractivity contribution >= 4 is 0 Å². The van der Waals surface area contributed by atoms with Crippen LogP contribution in [0.2, 0.25) is 0 Å². The smallest absolute Gasteiger partial charge is 0.0687 e. The summed E-state index contributed by atoms with van der Waals surface area (Å²) in [5.41, 5.74) is 6.56. The van der Waals surface area contributed by atoms with Crippen LogP contribution in [0.1, 0.15) is 71.6 Å². The Labute approximate surface area is 99.9 Å². The van der Waals surface area contributed by atoms with Crippen LogP contribution < -0.4 is 5.73 Å². The molecular weight excluding hydrogens is 198 g/mol. The minimum Gasteiger partial charge on any atom is -0.372 e. The van der Waals surface area contributed by atoms with Gasteiger partial charge in [0.15, 0.2) is 0 Å². The Morgan fingerprint density at radius 2 is 2.00 bits per heavy atom. The van der Waals surface area contributed by atoms with Crippen molar-refractivity contribution in [2.24, 2.45) is 5.73 Å². The highest BCUT2D eigenvalue weighted by Crippen LogP contribution is 2.44. The predicted molar refractivity (Wildman–Crippen MR) is 67.4 cm³/mol. The minimum absolute atomic E-state index is 0.0243. The summed E-state index contributed by atoms with van der Waals surface area (Å²) in [6.45, 7) is 4.39. The summed E-state index contributed by atoms with van der Waals surface area (Å²) in [7, 11) is 0. The van der Waals surface area contributed by atoms with Crippen molar-refractivity contribution in [3.8, 4) is 0 Å². The van der Waals surface area contributed by atoms with Crippen LogP contribution in [-0.2, 0) is 4.74 Å². The van der Waals surface area contributed by atoms with Crippen molar-refractivity contribution in [3.05, 3.63) is 0 Å². The van der Waals surface area contributed by atoms with Crippen LogP contribution in [0.3, 0.4) is 0 Å². The fourth-order valence-corrected chi connectivity index (χ4v) is 3.62. The maximum Gasteiger partial charge on any atom is 0.0687 e. The van der Waals surface area contributed by atoms with Crippen LogP contribution in [-0.4, -0.2) is 17.2 Å². The van der Waals surface area contributed by atoms with Crippen molar-refractivity contribution in [2.75, 3.05) is 0 Å². The van der Waals surface area contributed by atoms with Gasteiger partial charge in [0.25, 0.3) is 0 Å². The third-order valence-corrected chi connectivity index (χ3v) is 4.37. The fourth-order valence-electron chi connectivity index (χ4n) is 3.62. The Bertz CT molecular complexity index is 231. The Morgan fingerprint density at radius 1 is 1.31 bits per heavy atom. The lowest BCUT2D eigenvalue weighted by Gasteiger charge is -2.29. The molecule has 94 valence electrons. The number of hydrogen-bond acceptors (Lipinski definition) is 2. The number of ether oxygens (including phenoxy) is 1. The highest BCUT2D eigenvalue weighted by Gasteiger charge is 2.43. The van der Waals surface area contributed by atoms with Crippen LogP contribution in [0.5, 0.6) is 0 Å². The molecule has 1 saturated carbocycles. The van der Waals surface area contributed by atoms with Gasteiger partial charge in [0.1, 0.15) is 0 Å². The van der Waals surface area contributed by atoms with Gasteiger partial charge in [-0.1, -0.05) is 26.2 Å². The average Bonchev–Trinajstić information content (AvgIpc) is 2.77. The van der Waals surface area contributed by atoms with Gasteiger partial charge < -0.3 is 10.5 Å². The monoisotopic (exact) mass is 225 g/mol. The van der Waals surface area contributed by atoms with Crippen molar-refractivity contribution in [1.82, 2.24) is 0 Å². The molecule has 2 fully saturated rings. The van der Waals surface area contributed by atoms with Gasteiger partial charge in [-0.25, -0.2) is 0 Å². The van der Waals surface area contributed by atoms with Crippen molar-refractivity contribution in [3.63, 3.8) is 0 Å². The molecule has 0 aromatic carbocycles. The normalized spacial score (nSPS) is 32.1. The van der Waals surface area contributed by atoms with Crippen LogP contribution in [0.15, 0.2) is 0 Å². The molecule has 2 aliphatic rings. The van der Waals surface area contributed by atoms with Gasteiger partial charge in [-0.2, -0.15) is 0 Å². The summed E-state index contributed by atoms with van der Waals surface area (Å²) < 4.78 is 6.31. The van der Waals surface area contributed by atoms with Gasteiger partial charge in [-0.15, -0.1) is 0 Å². The predicted octanol–water partition coefficient (Wildman–Crippen LogP) is 3.39. The van der Waals surface area contributed by atoms with Crippen LogP contribution >= 0.6 is 0 Å². The maximum atomic E-state index is 6.31. The number of nitrogens with two attached hydrogens (primary N) is 1. The summed E-state index contributed by atoms with van der Waals surface area (Å²) in [5.74, 6) is 0. The fraction of sp³-hybridized carbons (Fsp3) is 1.00. The van der Waals surface area contributed by atoms with E-state index < -0.39 is 0 Å². The van der Waals surface area contributed by atoms with Crippen molar-refractivity contribution in [1.29, 1.82) is 0 Å². The molecule has 0 aromatic heterocycles. The molecule has 0 amide bonds. The second-order valence-corrected chi connectivity index (χ2v) is 6.28. The van der Waals surface area contributed by atoms with Gasteiger partial charge in [-0.3, -0.25) is 0 Å². The first-order chi connectivity index (χ1) is 7.55. The minimum atomic E-state index is -0.0243. The molecule has 2 nitrogen and oxygen atoms in total. The molecule has 1 spiro atoms. The zero-order valence-corrected chi connectivity index (χ0v) is 10.9. The lowest BCUT2D eigenvalue weighted by molar-refractivity contribution is -0.0456. The van der Waals surface area contributed by atoms with E-state index in [9.17, 15) is 0 Å². The lowest BCUT2D eigenvalue weighted by atomic mass is 9.89. The molecule has 1 aliphatic carbocycles.